The summed E-state index contributed by atoms with van der Waals surface area (Å²) in [5.41, 5.74) is 7.76. The van der Waals surface area contributed by atoms with E-state index in [2.05, 4.69) is 18.2 Å². The number of hydrogen-bond acceptors (Lipinski definition) is 3. The molecule has 0 spiro atoms. The number of anilines is 1. The van der Waals surface area contributed by atoms with Gasteiger partial charge in [-0.2, -0.15) is 0 Å². The molecule has 0 saturated carbocycles. The van der Waals surface area contributed by atoms with Crippen molar-refractivity contribution in [1.29, 1.82) is 0 Å². The first-order chi connectivity index (χ1) is 9.63. The predicted octanol–water partition coefficient (Wildman–Crippen LogP) is 3.75. The van der Waals surface area contributed by atoms with E-state index >= 15 is 0 Å². The minimum Gasteiger partial charge on any atom is -0.398 e. The molecule has 0 aliphatic carbocycles. The van der Waals surface area contributed by atoms with Crippen molar-refractivity contribution in [2.24, 2.45) is 0 Å². The van der Waals surface area contributed by atoms with E-state index in [1.165, 1.54) is 10.5 Å². The lowest BCUT2D eigenvalue weighted by atomic mass is 10.1. The van der Waals surface area contributed by atoms with Crippen molar-refractivity contribution < 1.29 is 4.21 Å². The van der Waals surface area contributed by atoms with Gasteiger partial charge in [-0.25, -0.2) is 0 Å². The first kappa shape index (κ1) is 14.0. The molecule has 2 aromatic rings. The molecular weight excluding hydrogens is 310 g/mol. The van der Waals surface area contributed by atoms with Crippen molar-refractivity contribution in [1.82, 2.24) is 0 Å². The zero-order chi connectivity index (χ0) is 14.1. The fraction of sp³-hybridized carbons (Fsp3) is 0.200. The lowest BCUT2D eigenvalue weighted by Gasteiger charge is -2.10. The number of halogens is 1. The molecule has 5 heteroatoms. The number of nitrogen functional groups attached to an aromatic ring is 1. The highest BCUT2D eigenvalue weighted by Crippen LogP contribution is 2.37. The van der Waals surface area contributed by atoms with Gasteiger partial charge >= 0.3 is 0 Å². The van der Waals surface area contributed by atoms with Gasteiger partial charge in [-0.3, -0.25) is 4.21 Å². The molecule has 0 radical (unpaired) electrons. The van der Waals surface area contributed by atoms with E-state index in [0.29, 0.717) is 26.6 Å². The molecule has 2 atom stereocenters. The van der Waals surface area contributed by atoms with Crippen molar-refractivity contribution in [2.45, 2.75) is 21.5 Å². The molecule has 0 fully saturated rings. The fourth-order valence-electron chi connectivity index (χ4n) is 2.33. The van der Waals surface area contributed by atoms with Gasteiger partial charge in [-0.15, -0.1) is 11.8 Å². The van der Waals surface area contributed by atoms with Crippen molar-refractivity contribution in [3.05, 3.63) is 53.1 Å². The van der Waals surface area contributed by atoms with Crippen LogP contribution in [0.5, 0.6) is 0 Å². The summed E-state index contributed by atoms with van der Waals surface area (Å²) in [7, 11) is -1.09. The monoisotopic (exact) mass is 323 g/mol. The van der Waals surface area contributed by atoms with Crippen molar-refractivity contribution in [2.75, 3.05) is 11.5 Å². The van der Waals surface area contributed by atoms with Crippen LogP contribution in [0.3, 0.4) is 0 Å². The molecule has 1 aliphatic rings. The minimum atomic E-state index is -1.09. The van der Waals surface area contributed by atoms with Gasteiger partial charge in [0.15, 0.2) is 0 Å². The SMILES string of the molecule is Nc1cc(Cl)ccc1S(=O)CC1Cc2ccccc2S1. The summed E-state index contributed by atoms with van der Waals surface area (Å²) in [6, 6.07) is 13.5. The largest absolute Gasteiger partial charge is 0.398 e. The third-order valence-electron chi connectivity index (χ3n) is 3.27. The molecule has 2 nitrogen and oxygen atoms in total. The Hall–Kier alpha value is -0.970. The molecular formula is C15H14ClNOS2. The van der Waals surface area contributed by atoms with E-state index in [0.717, 1.165) is 6.42 Å². The van der Waals surface area contributed by atoms with Crippen LogP contribution in [0.15, 0.2) is 52.3 Å². The summed E-state index contributed by atoms with van der Waals surface area (Å²) in [4.78, 5) is 1.99. The Kier molecular flexibility index (Phi) is 4.06. The summed E-state index contributed by atoms with van der Waals surface area (Å²) in [6.45, 7) is 0. The molecule has 1 heterocycles. The second-order valence-corrected chi connectivity index (χ2v) is 7.99. The zero-order valence-corrected chi connectivity index (χ0v) is 13.1. The maximum atomic E-state index is 12.5. The Morgan fingerprint density at radius 3 is 2.85 bits per heavy atom. The van der Waals surface area contributed by atoms with E-state index in [4.69, 9.17) is 17.3 Å². The fourth-order valence-corrected chi connectivity index (χ4v) is 5.41. The van der Waals surface area contributed by atoms with Gasteiger partial charge in [-0.05, 0) is 36.2 Å². The molecule has 0 bridgehead atoms. The topological polar surface area (TPSA) is 43.1 Å². The number of thioether (sulfide) groups is 1. The van der Waals surface area contributed by atoms with Crippen LogP contribution < -0.4 is 5.73 Å². The quantitative estimate of drug-likeness (QED) is 0.875. The standard InChI is InChI=1S/C15H14ClNOS2/c16-11-5-6-15(13(17)8-11)20(18)9-12-7-10-3-1-2-4-14(10)19-12/h1-6,8,12H,7,9,17H2. The summed E-state index contributed by atoms with van der Waals surface area (Å²) >= 11 is 7.68. The van der Waals surface area contributed by atoms with Crippen LogP contribution in [0.4, 0.5) is 5.69 Å². The maximum Gasteiger partial charge on any atom is 0.0618 e. The Bertz CT molecular complexity index is 650. The van der Waals surface area contributed by atoms with Crippen LogP contribution in [-0.2, 0) is 17.2 Å². The van der Waals surface area contributed by atoms with Gasteiger partial charge in [0, 0.05) is 26.6 Å². The Labute approximate surface area is 130 Å². The highest BCUT2D eigenvalue weighted by molar-refractivity contribution is 8.01. The Balaban J connectivity index is 1.72. The van der Waals surface area contributed by atoms with Crippen molar-refractivity contribution in [3.8, 4) is 0 Å². The average Bonchev–Trinajstić information content (AvgIpc) is 2.80. The van der Waals surface area contributed by atoms with Crippen molar-refractivity contribution >= 4 is 39.8 Å². The van der Waals surface area contributed by atoms with Gasteiger partial charge in [0.05, 0.1) is 15.7 Å². The smallest absolute Gasteiger partial charge is 0.0618 e. The molecule has 0 saturated heterocycles. The molecule has 0 amide bonds. The maximum absolute atomic E-state index is 12.5. The minimum absolute atomic E-state index is 0.350. The molecule has 2 N–H and O–H groups in total. The second kappa shape index (κ2) is 5.80. The van der Waals surface area contributed by atoms with E-state index in [1.54, 1.807) is 18.2 Å². The summed E-state index contributed by atoms with van der Waals surface area (Å²) in [6.07, 6.45) is 0.972. The number of hydrogen-bond donors (Lipinski definition) is 1. The van der Waals surface area contributed by atoms with E-state index in [1.807, 2.05) is 17.8 Å². The van der Waals surface area contributed by atoms with Gasteiger partial charge < -0.3 is 5.73 Å². The summed E-state index contributed by atoms with van der Waals surface area (Å²) in [5.74, 6) is 0.616. The molecule has 0 aromatic heterocycles. The summed E-state index contributed by atoms with van der Waals surface area (Å²) < 4.78 is 12.5. The van der Waals surface area contributed by atoms with Crippen molar-refractivity contribution in [3.63, 3.8) is 0 Å². The third kappa shape index (κ3) is 2.87. The van der Waals surface area contributed by atoms with Crippen LogP contribution in [0.2, 0.25) is 5.02 Å². The first-order valence-electron chi connectivity index (χ1n) is 6.31. The van der Waals surface area contributed by atoms with Crippen LogP contribution in [0.1, 0.15) is 5.56 Å². The third-order valence-corrected chi connectivity index (χ3v) is 6.60. The number of nitrogens with two attached hydrogens (primary N) is 1. The van der Waals surface area contributed by atoms with E-state index < -0.39 is 10.8 Å². The van der Waals surface area contributed by atoms with Gasteiger partial charge in [0.1, 0.15) is 0 Å². The normalized spacial score (nSPS) is 18.8. The number of rotatable bonds is 3. The molecule has 20 heavy (non-hydrogen) atoms. The Morgan fingerprint density at radius 1 is 1.30 bits per heavy atom. The molecule has 1 aliphatic heterocycles. The van der Waals surface area contributed by atoms with Crippen LogP contribution in [-0.4, -0.2) is 15.2 Å². The zero-order valence-electron chi connectivity index (χ0n) is 10.7. The van der Waals surface area contributed by atoms with Crippen LogP contribution in [0, 0.1) is 0 Å². The lowest BCUT2D eigenvalue weighted by molar-refractivity contribution is 0.681. The Morgan fingerprint density at radius 2 is 2.10 bits per heavy atom. The predicted molar refractivity (Wildman–Crippen MR) is 86.9 cm³/mol. The average molecular weight is 324 g/mol. The number of benzene rings is 2. The van der Waals surface area contributed by atoms with Gasteiger partial charge in [0.2, 0.25) is 0 Å². The van der Waals surface area contributed by atoms with Crippen LogP contribution in [0.25, 0.3) is 0 Å². The molecule has 2 unspecified atom stereocenters. The van der Waals surface area contributed by atoms with Gasteiger partial charge in [-0.1, -0.05) is 29.8 Å². The van der Waals surface area contributed by atoms with Crippen LogP contribution >= 0.6 is 23.4 Å². The highest BCUT2D eigenvalue weighted by Gasteiger charge is 2.24. The second-order valence-electron chi connectivity index (χ2n) is 4.75. The van der Waals surface area contributed by atoms with E-state index in [9.17, 15) is 4.21 Å². The highest BCUT2D eigenvalue weighted by atomic mass is 35.5. The lowest BCUT2D eigenvalue weighted by Crippen LogP contribution is -2.13. The first-order valence-corrected chi connectivity index (χ1v) is 8.89. The summed E-state index contributed by atoms with van der Waals surface area (Å²) in [5, 5.41) is 0.925. The molecule has 104 valence electrons. The van der Waals surface area contributed by atoms with Gasteiger partial charge in [0.25, 0.3) is 0 Å². The molecule has 3 rings (SSSR count). The molecule has 2 aromatic carbocycles. The number of fused-ring (bicyclic) bond motifs is 1. The van der Waals surface area contributed by atoms with E-state index in [-0.39, 0.29) is 0 Å².